The normalized spacial score (nSPS) is 12.4. The van der Waals surface area contributed by atoms with Crippen molar-refractivity contribution in [3.8, 4) is 0 Å². The van der Waals surface area contributed by atoms with Gasteiger partial charge in [0, 0.05) is 19.5 Å². The van der Waals surface area contributed by atoms with Crippen LogP contribution in [0.15, 0.2) is 55.9 Å². The van der Waals surface area contributed by atoms with Gasteiger partial charge in [0.25, 0.3) is 0 Å². The Morgan fingerprint density at radius 1 is 0.944 bits per heavy atom. The zero-order chi connectivity index (χ0) is 13.1. The molecule has 2 rings (SSSR count). The van der Waals surface area contributed by atoms with E-state index in [0.29, 0.717) is 0 Å². The second-order valence-electron chi connectivity index (χ2n) is 4.10. The summed E-state index contributed by atoms with van der Waals surface area (Å²) in [6.07, 6.45) is 0.810. The SMILES string of the molecule is NC(Cc1ccccc1Br)c1cc(Br)cc(Br)c1. The van der Waals surface area contributed by atoms with Crippen molar-refractivity contribution in [2.75, 3.05) is 0 Å². The highest BCUT2D eigenvalue weighted by Gasteiger charge is 2.10. The summed E-state index contributed by atoms with van der Waals surface area (Å²) < 4.78 is 3.18. The van der Waals surface area contributed by atoms with Crippen LogP contribution in [0.2, 0.25) is 0 Å². The second-order valence-corrected chi connectivity index (χ2v) is 6.79. The smallest absolute Gasteiger partial charge is 0.0336 e. The van der Waals surface area contributed by atoms with Crippen LogP contribution in [0.4, 0.5) is 0 Å². The first-order valence-electron chi connectivity index (χ1n) is 5.51. The molecule has 2 aromatic rings. The van der Waals surface area contributed by atoms with Crippen molar-refractivity contribution in [2.24, 2.45) is 5.73 Å². The van der Waals surface area contributed by atoms with Gasteiger partial charge in [0.05, 0.1) is 0 Å². The number of rotatable bonds is 3. The van der Waals surface area contributed by atoms with Crippen molar-refractivity contribution in [1.82, 2.24) is 0 Å². The molecule has 1 atom stereocenters. The molecule has 0 heterocycles. The summed E-state index contributed by atoms with van der Waals surface area (Å²) in [6, 6.07) is 14.3. The topological polar surface area (TPSA) is 26.0 Å². The lowest BCUT2D eigenvalue weighted by molar-refractivity contribution is 0.719. The highest BCUT2D eigenvalue weighted by atomic mass is 79.9. The molecule has 2 N–H and O–H groups in total. The summed E-state index contributed by atoms with van der Waals surface area (Å²) in [5, 5.41) is 0. The number of hydrogen-bond donors (Lipinski definition) is 1. The van der Waals surface area contributed by atoms with Crippen LogP contribution in [0.1, 0.15) is 17.2 Å². The highest BCUT2D eigenvalue weighted by molar-refractivity contribution is 9.11. The van der Waals surface area contributed by atoms with Crippen LogP contribution in [-0.2, 0) is 6.42 Å². The van der Waals surface area contributed by atoms with Gasteiger partial charge in [0.2, 0.25) is 0 Å². The third-order valence-electron chi connectivity index (χ3n) is 2.71. The van der Waals surface area contributed by atoms with Crippen molar-refractivity contribution in [2.45, 2.75) is 12.5 Å². The minimum absolute atomic E-state index is 0.0162. The van der Waals surface area contributed by atoms with E-state index in [9.17, 15) is 0 Å². The molecule has 4 heteroatoms. The van der Waals surface area contributed by atoms with Gasteiger partial charge in [-0.2, -0.15) is 0 Å². The van der Waals surface area contributed by atoms with E-state index in [4.69, 9.17) is 5.73 Å². The molecule has 94 valence electrons. The van der Waals surface area contributed by atoms with Crippen LogP contribution < -0.4 is 5.73 Å². The van der Waals surface area contributed by atoms with Gasteiger partial charge in [-0.1, -0.05) is 66.0 Å². The monoisotopic (exact) mass is 431 g/mol. The fraction of sp³-hybridized carbons (Fsp3) is 0.143. The van der Waals surface area contributed by atoms with Gasteiger partial charge in [-0.15, -0.1) is 0 Å². The molecule has 0 spiro atoms. The third-order valence-corrected chi connectivity index (χ3v) is 4.40. The fourth-order valence-electron chi connectivity index (χ4n) is 1.81. The molecule has 0 amide bonds. The lowest BCUT2D eigenvalue weighted by Gasteiger charge is -2.14. The van der Waals surface area contributed by atoms with E-state index in [1.807, 2.05) is 24.3 Å². The standard InChI is InChI=1S/C14H12Br3N/c15-11-5-10(6-12(16)8-11)14(18)7-9-3-1-2-4-13(9)17/h1-6,8,14H,7,18H2. The molecule has 0 radical (unpaired) electrons. The van der Waals surface area contributed by atoms with Crippen LogP contribution in [0.3, 0.4) is 0 Å². The van der Waals surface area contributed by atoms with Gasteiger partial charge < -0.3 is 5.73 Å². The average molecular weight is 434 g/mol. The zero-order valence-electron chi connectivity index (χ0n) is 9.54. The summed E-state index contributed by atoms with van der Waals surface area (Å²) in [4.78, 5) is 0. The van der Waals surface area contributed by atoms with Crippen molar-refractivity contribution >= 4 is 47.8 Å². The van der Waals surface area contributed by atoms with E-state index in [1.54, 1.807) is 0 Å². The Bertz CT molecular complexity index is 534. The first-order valence-corrected chi connectivity index (χ1v) is 7.89. The Balaban J connectivity index is 2.22. The maximum absolute atomic E-state index is 6.27. The Kier molecular flexibility index (Phi) is 5.01. The van der Waals surface area contributed by atoms with E-state index in [-0.39, 0.29) is 6.04 Å². The van der Waals surface area contributed by atoms with Gasteiger partial charge in [-0.3, -0.25) is 0 Å². The first-order chi connectivity index (χ1) is 8.56. The first kappa shape index (κ1) is 14.3. The summed E-state index contributed by atoms with van der Waals surface area (Å²) in [6.45, 7) is 0. The molecule has 1 unspecified atom stereocenters. The van der Waals surface area contributed by atoms with Crippen LogP contribution in [0.5, 0.6) is 0 Å². The van der Waals surface area contributed by atoms with Crippen LogP contribution in [0.25, 0.3) is 0 Å². The molecule has 0 fully saturated rings. The zero-order valence-corrected chi connectivity index (χ0v) is 14.3. The second kappa shape index (κ2) is 6.33. The molecule has 1 nitrogen and oxygen atoms in total. The Morgan fingerprint density at radius 2 is 1.56 bits per heavy atom. The minimum atomic E-state index is -0.0162. The van der Waals surface area contributed by atoms with Crippen LogP contribution in [0, 0.1) is 0 Å². The van der Waals surface area contributed by atoms with E-state index in [2.05, 4.69) is 66.0 Å². The molecular weight excluding hydrogens is 422 g/mol. The maximum Gasteiger partial charge on any atom is 0.0336 e. The van der Waals surface area contributed by atoms with E-state index >= 15 is 0 Å². The van der Waals surface area contributed by atoms with Crippen LogP contribution in [-0.4, -0.2) is 0 Å². The van der Waals surface area contributed by atoms with Crippen molar-refractivity contribution in [1.29, 1.82) is 0 Å². The minimum Gasteiger partial charge on any atom is -0.324 e. The molecule has 0 aliphatic carbocycles. The number of halogens is 3. The molecular formula is C14H12Br3N. The molecule has 0 saturated heterocycles. The summed E-state index contributed by atoms with van der Waals surface area (Å²) in [5.41, 5.74) is 8.61. The van der Waals surface area contributed by atoms with E-state index in [1.165, 1.54) is 5.56 Å². The fourth-order valence-corrected chi connectivity index (χ4v) is 3.58. The number of benzene rings is 2. The lowest BCUT2D eigenvalue weighted by atomic mass is 10.00. The average Bonchev–Trinajstić information content (AvgIpc) is 2.31. The van der Waals surface area contributed by atoms with Gasteiger partial charge in [-0.25, -0.2) is 0 Å². The summed E-state index contributed by atoms with van der Waals surface area (Å²) >= 11 is 10.5. The molecule has 0 bridgehead atoms. The van der Waals surface area contributed by atoms with Gasteiger partial charge in [-0.05, 0) is 41.8 Å². The Hall–Kier alpha value is -0.160. The predicted octanol–water partition coefficient (Wildman–Crippen LogP) is 5.22. The summed E-state index contributed by atoms with van der Waals surface area (Å²) in [5.74, 6) is 0. The molecule has 0 aliphatic heterocycles. The molecule has 0 aromatic heterocycles. The third kappa shape index (κ3) is 3.67. The largest absolute Gasteiger partial charge is 0.324 e. The van der Waals surface area contributed by atoms with Gasteiger partial charge in [0.1, 0.15) is 0 Å². The number of hydrogen-bond acceptors (Lipinski definition) is 1. The van der Waals surface area contributed by atoms with Gasteiger partial charge >= 0.3 is 0 Å². The van der Waals surface area contributed by atoms with Crippen molar-refractivity contribution < 1.29 is 0 Å². The quantitative estimate of drug-likeness (QED) is 0.705. The molecule has 0 saturated carbocycles. The van der Waals surface area contributed by atoms with Crippen molar-refractivity contribution in [3.63, 3.8) is 0 Å². The van der Waals surface area contributed by atoms with Crippen LogP contribution >= 0.6 is 47.8 Å². The highest BCUT2D eigenvalue weighted by Crippen LogP contribution is 2.27. The lowest BCUT2D eigenvalue weighted by Crippen LogP contribution is -2.13. The van der Waals surface area contributed by atoms with E-state index < -0.39 is 0 Å². The maximum atomic E-state index is 6.27. The summed E-state index contributed by atoms with van der Waals surface area (Å²) in [7, 11) is 0. The Morgan fingerprint density at radius 3 is 2.17 bits per heavy atom. The van der Waals surface area contributed by atoms with Crippen molar-refractivity contribution in [3.05, 3.63) is 67.0 Å². The van der Waals surface area contributed by atoms with E-state index in [0.717, 1.165) is 25.4 Å². The Labute approximate surface area is 132 Å². The molecule has 2 aromatic carbocycles. The molecule has 18 heavy (non-hydrogen) atoms. The predicted molar refractivity (Wildman–Crippen MR) is 86.6 cm³/mol. The molecule has 0 aliphatic rings. The van der Waals surface area contributed by atoms with Gasteiger partial charge in [0.15, 0.2) is 0 Å². The number of nitrogens with two attached hydrogens (primary N) is 1.